The minimum absolute atomic E-state index is 0.0544. The Morgan fingerprint density at radius 1 is 0.977 bits per heavy atom. The molecule has 6 rings (SSSR count). The van der Waals surface area contributed by atoms with E-state index >= 15 is 0 Å². The summed E-state index contributed by atoms with van der Waals surface area (Å²) in [7, 11) is 0. The Labute approximate surface area is 253 Å². The summed E-state index contributed by atoms with van der Waals surface area (Å²) in [5, 5.41) is 21.5. The maximum absolute atomic E-state index is 13.2. The Morgan fingerprint density at radius 3 is 2.44 bits per heavy atom. The zero-order chi connectivity index (χ0) is 30.4. The lowest BCUT2D eigenvalue weighted by Gasteiger charge is -2.28. The highest BCUT2D eigenvalue weighted by atomic mass is 32.1. The Bertz CT molecular complexity index is 1980. The number of thiazole rings is 1. The van der Waals surface area contributed by atoms with Crippen molar-refractivity contribution >= 4 is 63.1 Å². The molecule has 8 heteroatoms. The van der Waals surface area contributed by atoms with Crippen LogP contribution in [0.15, 0.2) is 65.0 Å². The van der Waals surface area contributed by atoms with Crippen LogP contribution < -0.4 is 19.7 Å². The van der Waals surface area contributed by atoms with Gasteiger partial charge in [0.1, 0.15) is 4.66 Å². The highest BCUT2D eigenvalue weighted by Crippen LogP contribution is 2.53. The number of hydrogen-bond acceptors (Lipinski definition) is 5. The van der Waals surface area contributed by atoms with Gasteiger partial charge in [-0.15, -0.1) is 11.3 Å². The van der Waals surface area contributed by atoms with Gasteiger partial charge in [-0.2, -0.15) is 0 Å². The summed E-state index contributed by atoms with van der Waals surface area (Å²) in [5.74, 6) is -2.76. The van der Waals surface area contributed by atoms with Crippen molar-refractivity contribution in [2.24, 2.45) is 0 Å². The number of carbonyl (C=O) groups is 2. The number of fused-ring (bicyclic) bond motifs is 4. The molecule has 2 heterocycles. The molecule has 1 aliphatic carbocycles. The number of carboxylic acids is 2. The first-order valence-corrected chi connectivity index (χ1v) is 15.6. The van der Waals surface area contributed by atoms with Gasteiger partial charge in [0.05, 0.1) is 4.53 Å². The van der Waals surface area contributed by atoms with Crippen molar-refractivity contribution in [2.45, 2.75) is 65.0 Å². The molecule has 7 nitrogen and oxygen atoms in total. The number of allylic oxidation sites excluding steroid dienone is 1. The summed E-state index contributed by atoms with van der Waals surface area (Å²) in [4.78, 5) is 39.1. The molecule has 3 aromatic carbocycles. The van der Waals surface area contributed by atoms with Gasteiger partial charge in [0.15, 0.2) is 5.57 Å². The Hall–Kier alpha value is -4.43. The van der Waals surface area contributed by atoms with Gasteiger partial charge in [-0.1, -0.05) is 61.4 Å². The largest absolute Gasteiger partial charge is 0.477 e. The van der Waals surface area contributed by atoms with Crippen LogP contribution in [0.3, 0.4) is 0 Å². The topological polar surface area (TPSA) is 99.8 Å². The molecule has 1 saturated carbocycles. The highest BCUT2D eigenvalue weighted by molar-refractivity contribution is 7.07. The predicted molar refractivity (Wildman–Crippen MR) is 173 cm³/mol. The lowest BCUT2D eigenvalue weighted by Crippen LogP contribution is -2.33. The molecule has 0 radical (unpaired) electrons. The minimum Gasteiger partial charge on any atom is -0.477 e. The van der Waals surface area contributed by atoms with E-state index < -0.39 is 17.5 Å². The Morgan fingerprint density at radius 2 is 1.72 bits per heavy atom. The van der Waals surface area contributed by atoms with Crippen LogP contribution in [0, 0.1) is 0 Å². The third-order valence-corrected chi connectivity index (χ3v) is 9.97. The smallest absolute Gasteiger partial charge is 0.346 e. The average Bonchev–Trinajstić information content (AvgIpc) is 3.66. The molecule has 1 fully saturated rings. The van der Waals surface area contributed by atoms with Crippen molar-refractivity contribution in [3.05, 3.63) is 96.4 Å². The molecule has 0 saturated heterocycles. The summed E-state index contributed by atoms with van der Waals surface area (Å²) in [6, 6.07) is 19.7. The van der Waals surface area contributed by atoms with Crippen LogP contribution >= 0.6 is 11.3 Å². The van der Waals surface area contributed by atoms with E-state index in [0.717, 1.165) is 42.6 Å². The van der Waals surface area contributed by atoms with Crippen molar-refractivity contribution in [3.8, 4) is 0 Å². The van der Waals surface area contributed by atoms with E-state index in [-0.39, 0.29) is 16.8 Å². The van der Waals surface area contributed by atoms with Crippen molar-refractivity contribution in [1.82, 2.24) is 4.57 Å². The SMILES string of the molecule is CCC(C)=Cc1cccc2c(N3c4ccc(/C=c5\sc(=C(C(=O)O)C(=O)O)n(CC)c5=O)cc4C4CCCC43)cccc12. The third-order valence-electron chi connectivity index (χ3n) is 8.84. The molecule has 220 valence electrons. The molecule has 2 N–H and O–H groups in total. The predicted octanol–water partition coefficient (Wildman–Crippen LogP) is 5.83. The van der Waals surface area contributed by atoms with Gasteiger partial charge in [0, 0.05) is 35.3 Å². The molecule has 0 spiro atoms. The number of hydrogen-bond donors (Lipinski definition) is 2. The van der Waals surface area contributed by atoms with Crippen LogP contribution in [0.4, 0.5) is 11.4 Å². The van der Waals surface area contributed by atoms with Crippen molar-refractivity contribution in [1.29, 1.82) is 0 Å². The maximum Gasteiger partial charge on any atom is 0.346 e. The second-order valence-corrected chi connectivity index (χ2v) is 12.3. The van der Waals surface area contributed by atoms with Gasteiger partial charge in [0.2, 0.25) is 0 Å². The molecule has 1 aliphatic heterocycles. The summed E-state index contributed by atoms with van der Waals surface area (Å²) < 4.78 is 1.48. The first-order valence-electron chi connectivity index (χ1n) is 14.8. The number of rotatable bonds is 7. The molecular formula is C35H34N2O5S. The molecule has 4 aromatic rings. The molecule has 1 aromatic heterocycles. The number of carboxylic acid groups (broad SMARTS) is 2. The standard InChI is InChI=1S/C35H34N2O5S/c1-4-20(3)17-22-9-6-11-24-23(22)10-7-13-27(24)37-28-14-8-12-25(28)26-18-21(15-16-29(26)37)19-30-32(38)36(5-2)33(43-30)31(34(39)40)35(41)42/h6-7,9-11,13,15-19,25,28H,4-5,8,12,14H2,1-3H3,(H,39,40)(H,41,42)/b20-17?,30-19-. The Balaban J connectivity index is 1.49. The number of benzene rings is 3. The van der Waals surface area contributed by atoms with E-state index in [1.807, 2.05) is 6.07 Å². The monoisotopic (exact) mass is 594 g/mol. The fraction of sp³-hybridized carbons (Fsp3) is 0.286. The lowest BCUT2D eigenvalue weighted by atomic mass is 9.96. The number of aliphatic carboxylic acids is 2. The fourth-order valence-electron chi connectivity index (χ4n) is 6.72. The van der Waals surface area contributed by atoms with Crippen LogP contribution in [0.5, 0.6) is 0 Å². The number of anilines is 2. The van der Waals surface area contributed by atoms with E-state index in [9.17, 15) is 24.6 Å². The van der Waals surface area contributed by atoms with E-state index in [0.29, 0.717) is 16.5 Å². The first-order chi connectivity index (χ1) is 20.7. The van der Waals surface area contributed by atoms with E-state index in [4.69, 9.17) is 0 Å². The van der Waals surface area contributed by atoms with Crippen molar-refractivity contribution in [2.75, 3.05) is 4.90 Å². The second-order valence-electron chi connectivity index (χ2n) is 11.3. The van der Waals surface area contributed by atoms with Crippen LogP contribution in [-0.4, -0.2) is 32.8 Å². The van der Waals surface area contributed by atoms with Crippen LogP contribution in [0.2, 0.25) is 0 Å². The van der Waals surface area contributed by atoms with Gasteiger partial charge in [-0.3, -0.25) is 9.36 Å². The first kappa shape index (κ1) is 28.7. The minimum atomic E-state index is -1.57. The summed E-state index contributed by atoms with van der Waals surface area (Å²) in [6.45, 7) is 6.21. The number of aromatic nitrogens is 1. The summed E-state index contributed by atoms with van der Waals surface area (Å²) in [6.07, 6.45) is 8.38. The molecular weight excluding hydrogens is 560 g/mol. The third kappa shape index (κ3) is 4.89. The molecule has 2 unspecified atom stereocenters. The van der Waals surface area contributed by atoms with Gasteiger partial charge < -0.3 is 15.1 Å². The quantitative estimate of drug-likeness (QED) is 0.261. The highest BCUT2D eigenvalue weighted by Gasteiger charge is 2.42. The lowest BCUT2D eigenvalue weighted by molar-refractivity contribution is -0.136. The van der Waals surface area contributed by atoms with Crippen molar-refractivity contribution < 1.29 is 19.8 Å². The molecule has 2 atom stereocenters. The number of nitrogens with zero attached hydrogens (tertiary/aromatic N) is 2. The van der Waals surface area contributed by atoms with E-state index in [1.54, 1.807) is 13.0 Å². The molecule has 0 amide bonds. The second kappa shape index (κ2) is 11.3. The van der Waals surface area contributed by atoms with E-state index in [1.165, 1.54) is 43.4 Å². The van der Waals surface area contributed by atoms with Crippen LogP contribution in [-0.2, 0) is 16.1 Å². The summed E-state index contributed by atoms with van der Waals surface area (Å²) in [5.41, 5.74) is 5.86. The fourth-order valence-corrected chi connectivity index (χ4v) is 7.92. The normalized spacial score (nSPS) is 18.3. The zero-order valence-corrected chi connectivity index (χ0v) is 25.3. The van der Waals surface area contributed by atoms with Gasteiger partial charge in [-0.05, 0) is 79.5 Å². The van der Waals surface area contributed by atoms with Gasteiger partial charge in [0.25, 0.3) is 5.56 Å². The maximum atomic E-state index is 13.2. The zero-order valence-electron chi connectivity index (χ0n) is 24.5. The van der Waals surface area contributed by atoms with Crippen LogP contribution in [0.25, 0.3) is 28.5 Å². The summed E-state index contributed by atoms with van der Waals surface area (Å²) >= 11 is 0.910. The average molecular weight is 595 g/mol. The van der Waals surface area contributed by atoms with Crippen LogP contribution in [0.1, 0.15) is 69.1 Å². The molecule has 2 aliphatic rings. The van der Waals surface area contributed by atoms with E-state index in [2.05, 4.69) is 73.4 Å². The molecule has 0 bridgehead atoms. The Kier molecular flexibility index (Phi) is 7.56. The van der Waals surface area contributed by atoms with Crippen molar-refractivity contribution in [3.63, 3.8) is 0 Å². The molecule has 43 heavy (non-hydrogen) atoms. The van der Waals surface area contributed by atoms with Gasteiger partial charge >= 0.3 is 11.9 Å². The van der Waals surface area contributed by atoms with Gasteiger partial charge in [-0.25, -0.2) is 9.59 Å².